The van der Waals surface area contributed by atoms with E-state index in [1.165, 1.54) is 30.6 Å². The zero-order valence-corrected chi connectivity index (χ0v) is 15.0. The Labute approximate surface area is 146 Å². The fraction of sp³-hybridized carbons (Fsp3) is 0.611. The molecule has 0 bridgehead atoms. The van der Waals surface area contributed by atoms with E-state index in [-0.39, 0.29) is 11.9 Å². The van der Waals surface area contributed by atoms with Gasteiger partial charge in [0.15, 0.2) is 5.82 Å². The van der Waals surface area contributed by atoms with Crippen molar-refractivity contribution in [3.05, 3.63) is 34.1 Å². The highest BCUT2D eigenvalue weighted by Gasteiger charge is 2.28. The number of thiophene rings is 1. The number of aryl methyl sites for hydroxylation is 2. The number of aromatic nitrogens is 2. The van der Waals surface area contributed by atoms with E-state index >= 15 is 0 Å². The second kappa shape index (κ2) is 8.42. The number of hydrogen-bond donors (Lipinski definition) is 1. The van der Waals surface area contributed by atoms with Crippen molar-refractivity contribution in [3.8, 4) is 0 Å². The average Bonchev–Trinajstić information content (AvgIpc) is 3.32. The van der Waals surface area contributed by atoms with Gasteiger partial charge in [0.05, 0.1) is 6.04 Å². The van der Waals surface area contributed by atoms with Crippen molar-refractivity contribution >= 4 is 17.2 Å². The van der Waals surface area contributed by atoms with Crippen LogP contribution in [0.4, 0.5) is 0 Å². The van der Waals surface area contributed by atoms with Crippen molar-refractivity contribution in [2.24, 2.45) is 5.92 Å². The summed E-state index contributed by atoms with van der Waals surface area (Å²) in [5, 5.41) is 9.26. The standard InChI is InChI=1S/C18H25N3O2S/c1-2-6-15-19-17(23-21-15)11-10-16(22)20-18(13-7-3-4-8-13)14-9-5-12-24-14/h5,9,12-13,18H,2-4,6-8,10-11H2,1H3,(H,20,22)/t18-/m0/s1. The molecule has 1 fully saturated rings. The summed E-state index contributed by atoms with van der Waals surface area (Å²) in [5.74, 6) is 1.92. The molecule has 5 nitrogen and oxygen atoms in total. The van der Waals surface area contributed by atoms with E-state index in [1.54, 1.807) is 11.3 Å². The third kappa shape index (κ3) is 4.44. The van der Waals surface area contributed by atoms with Crippen LogP contribution in [0.1, 0.15) is 68.1 Å². The average molecular weight is 347 g/mol. The van der Waals surface area contributed by atoms with Gasteiger partial charge in [0.25, 0.3) is 0 Å². The molecule has 130 valence electrons. The molecule has 6 heteroatoms. The molecular weight excluding hydrogens is 322 g/mol. The van der Waals surface area contributed by atoms with Crippen molar-refractivity contribution in [3.63, 3.8) is 0 Å². The van der Waals surface area contributed by atoms with Gasteiger partial charge in [0, 0.05) is 24.1 Å². The lowest BCUT2D eigenvalue weighted by molar-refractivity contribution is -0.122. The minimum Gasteiger partial charge on any atom is -0.348 e. The molecule has 0 radical (unpaired) electrons. The Morgan fingerprint density at radius 3 is 2.96 bits per heavy atom. The van der Waals surface area contributed by atoms with E-state index in [9.17, 15) is 4.79 Å². The molecule has 0 aliphatic heterocycles. The second-order valence-electron chi connectivity index (χ2n) is 6.46. The quantitative estimate of drug-likeness (QED) is 0.782. The van der Waals surface area contributed by atoms with Gasteiger partial charge in [0.1, 0.15) is 0 Å². The molecule has 0 spiro atoms. The number of hydrogen-bond acceptors (Lipinski definition) is 5. The Morgan fingerprint density at radius 1 is 1.42 bits per heavy atom. The van der Waals surface area contributed by atoms with Crippen molar-refractivity contribution in [1.29, 1.82) is 0 Å². The lowest BCUT2D eigenvalue weighted by Crippen LogP contribution is -2.32. The second-order valence-corrected chi connectivity index (χ2v) is 7.44. The Morgan fingerprint density at radius 2 is 2.25 bits per heavy atom. The fourth-order valence-corrected chi connectivity index (χ4v) is 4.23. The topological polar surface area (TPSA) is 68.0 Å². The lowest BCUT2D eigenvalue weighted by Gasteiger charge is -2.23. The van der Waals surface area contributed by atoms with Crippen LogP contribution in [0.15, 0.2) is 22.0 Å². The van der Waals surface area contributed by atoms with Gasteiger partial charge in [-0.3, -0.25) is 4.79 Å². The first-order valence-electron chi connectivity index (χ1n) is 8.90. The molecule has 24 heavy (non-hydrogen) atoms. The maximum absolute atomic E-state index is 12.4. The van der Waals surface area contributed by atoms with Crippen LogP contribution in [-0.4, -0.2) is 16.0 Å². The Bertz CT molecular complexity index is 632. The SMILES string of the molecule is CCCc1noc(CCC(=O)N[C@H](c2cccs2)C2CCCC2)n1. The van der Waals surface area contributed by atoms with Gasteiger partial charge in [-0.15, -0.1) is 11.3 Å². The third-order valence-corrected chi connectivity index (χ3v) is 5.54. The van der Waals surface area contributed by atoms with E-state index < -0.39 is 0 Å². The monoisotopic (exact) mass is 347 g/mol. The molecule has 1 saturated carbocycles. The molecule has 2 aromatic rings. The summed E-state index contributed by atoms with van der Waals surface area (Å²) in [6.45, 7) is 2.08. The number of nitrogens with one attached hydrogen (secondary N) is 1. The van der Waals surface area contributed by atoms with Crippen LogP contribution in [0.2, 0.25) is 0 Å². The van der Waals surface area contributed by atoms with E-state index in [1.807, 2.05) is 0 Å². The summed E-state index contributed by atoms with van der Waals surface area (Å²) in [6.07, 6.45) is 7.64. The van der Waals surface area contributed by atoms with Crippen LogP contribution in [0.25, 0.3) is 0 Å². The summed E-state index contributed by atoms with van der Waals surface area (Å²) in [4.78, 5) is 18.0. The fourth-order valence-electron chi connectivity index (χ4n) is 3.36. The van der Waals surface area contributed by atoms with E-state index in [4.69, 9.17) is 4.52 Å². The predicted octanol–water partition coefficient (Wildman–Crippen LogP) is 4.06. The Balaban J connectivity index is 1.55. The highest BCUT2D eigenvalue weighted by molar-refractivity contribution is 7.10. The van der Waals surface area contributed by atoms with Crippen LogP contribution in [0.5, 0.6) is 0 Å². The molecule has 3 rings (SSSR count). The largest absolute Gasteiger partial charge is 0.348 e. The number of carbonyl (C=O) groups is 1. The zero-order valence-electron chi connectivity index (χ0n) is 14.2. The number of carbonyl (C=O) groups excluding carboxylic acids is 1. The summed E-state index contributed by atoms with van der Waals surface area (Å²) in [7, 11) is 0. The molecule has 2 heterocycles. The first-order valence-corrected chi connectivity index (χ1v) is 9.78. The molecule has 0 saturated heterocycles. The molecule has 1 aliphatic rings. The van der Waals surface area contributed by atoms with E-state index in [0.29, 0.717) is 24.7 Å². The lowest BCUT2D eigenvalue weighted by atomic mass is 9.96. The number of amides is 1. The van der Waals surface area contributed by atoms with Crippen molar-refractivity contribution in [2.75, 3.05) is 0 Å². The predicted molar refractivity (Wildman–Crippen MR) is 93.8 cm³/mol. The highest BCUT2D eigenvalue weighted by Crippen LogP contribution is 2.37. The van der Waals surface area contributed by atoms with Crippen molar-refractivity contribution in [1.82, 2.24) is 15.5 Å². The first-order chi connectivity index (χ1) is 11.8. The first kappa shape index (κ1) is 17.1. The molecule has 1 N–H and O–H groups in total. The third-order valence-electron chi connectivity index (χ3n) is 4.59. The van der Waals surface area contributed by atoms with Gasteiger partial charge in [-0.05, 0) is 36.6 Å². The molecule has 2 aromatic heterocycles. The zero-order chi connectivity index (χ0) is 16.8. The summed E-state index contributed by atoms with van der Waals surface area (Å²) >= 11 is 1.73. The van der Waals surface area contributed by atoms with Crippen molar-refractivity contribution < 1.29 is 9.32 Å². The summed E-state index contributed by atoms with van der Waals surface area (Å²) < 4.78 is 5.21. The van der Waals surface area contributed by atoms with E-state index in [2.05, 4.69) is 39.9 Å². The molecule has 0 unspecified atom stereocenters. The minimum atomic E-state index is 0.0653. The summed E-state index contributed by atoms with van der Waals surface area (Å²) in [6, 6.07) is 4.34. The van der Waals surface area contributed by atoms with Crippen LogP contribution < -0.4 is 5.32 Å². The minimum absolute atomic E-state index is 0.0653. The number of rotatable bonds is 8. The van der Waals surface area contributed by atoms with Gasteiger partial charge in [0.2, 0.25) is 11.8 Å². The van der Waals surface area contributed by atoms with Gasteiger partial charge < -0.3 is 9.84 Å². The normalized spacial score (nSPS) is 16.4. The van der Waals surface area contributed by atoms with Gasteiger partial charge in [-0.2, -0.15) is 4.98 Å². The van der Waals surface area contributed by atoms with Gasteiger partial charge in [-0.25, -0.2) is 0 Å². The molecule has 1 amide bonds. The van der Waals surface area contributed by atoms with Crippen LogP contribution in [-0.2, 0) is 17.6 Å². The van der Waals surface area contributed by atoms with Crippen LogP contribution in [0.3, 0.4) is 0 Å². The smallest absolute Gasteiger partial charge is 0.227 e. The Kier molecular flexibility index (Phi) is 6.01. The van der Waals surface area contributed by atoms with Crippen LogP contribution >= 0.6 is 11.3 Å². The van der Waals surface area contributed by atoms with Gasteiger partial charge in [-0.1, -0.05) is 31.0 Å². The molecule has 0 aromatic carbocycles. The highest BCUT2D eigenvalue weighted by atomic mass is 32.1. The number of nitrogens with zero attached hydrogens (tertiary/aromatic N) is 2. The maximum Gasteiger partial charge on any atom is 0.227 e. The van der Waals surface area contributed by atoms with Crippen LogP contribution in [0, 0.1) is 5.92 Å². The molecule has 1 aliphatic carbocycles. The van der Waals surface area contributed by atoms with Crippen molar-refractivity contribution in [2.45, 2.75) is 64.3 Å². The summed E-state index contributed by atoms with van der Waals surface area (Å²) in [5.41, 5.74) is 0. The Hall–Kier alpha value is -1.69. The van der Waals surface area contributed by atoms with Gasteiger partial charge >= 0.3 is 0 Å². The van der Waals surface area contributed by atoms with E-state index in [0.717, 1.165) is 18.7 Å². The molecule has 1 atom stereocenters. The molecular formula is C18H25N3O2S. The maximum atomic E-state index is 12.4.